The minimum Gasteiger partial charge on any atom is -0.309 e. The molecule has 1 aliphatic heterocycles. The van der Waals surface area contributed by atoms with Crippen molar-refractivity contribution in [1.29, 1.82) is 0 Å². The van der Waals surface area contributed by atoms with Gasteiger partial charge in [-0.05, 0) is 50.3 Å². The second-order valence-electron chi connectivity index (χ2n) is 6.43. The summed E-state index contributed by atoms with van der Waals surface area (Å²) in [6.07, 6.45) is 6.63. The van der Waals surface area contributed by atoms with E-state index in [4.69, 9.17) is 0 Å². The number of aromatic nitrogens is 1. The standard InChI is InChI=1S/C15H23N3/c1-15(2)11-18(10-12-5-7-16-8-6-12)14(9-17-15)13-3-4-13/h5-8,13-14,17H,3-4,9-11H2,1-2H3. The van der Waals surface area contributed by atoms with Crippen LogP contribution in [0.4, 0.5) is 0 Å². The predicted octanol–water partition coefficient (Wildman–Crippen LogP) is 2.04. The summed E-state index contributed by atoms with van der Waals surface area (Å²) in [5, 5.41) is 3.69. The molecule has 3 rings (SSSR count). The number of piperazine rings is 1. The molecule has 0 radical (unpaired) electrons. The Morgan fingerprint density at radius 1 is 1.33 bits per heavy atom. The highest BCUT2D eigenvalue weighted by Gasteiger charge is 2.40. The van der Waals surface area contributed by atoms with E-state index >= 15 is 0 Å². The molecule has 3 heteroatoms. The van der Waals surface area contributed by atoms with Crippen LogP contribution >= 0.6 is 0 Å². The summed E-state index contributed by atoms with van der Waals surface area (Å²) in [5.41, 5.74) is 1.62. The molecule has 0 aromatic carbocycles. The van der Waals surface area contributed by atoms with E-state index in [1.807, 2.05) is 12.4 Å². The van der Waals surface area contributed by atoms with E-state index in [2.05, 4.69) is 41.2 Å². The molecule has 2 aliphatic rings. The zero-order valence-corrected chi connectivity index (χ0v) is 11.4. The molecule has 1 aliphatic carbocycles. The Morgan fingerprint density at radius 2 is 2.06 bits per heavy atom. The fourth-order valence-corrected chi connectivity index (χ4v) is 3.03. The number of hydrogen-bond acceptors (Lipinski definition) is 3. The zero-order chi connectivity index (χ0) is 12.6. The van der Waals surface area contributed by atoms with Crippen LogP contribution in [0, 0.1) is 5.92 Å². The molecular weight excluding hydrogens is 222 g/mol. The summed E-state index contributed by atoms with van der Waals surface area (Å²) in [7, 11) is 0. The molecule has 18 heavy (non-hydrogen) atoms. The van der Waals surface area contributed by atoms with Crippen molar-refractivity contribution in [1.82, 2.24) is 15.2 Å². The molecule has 1 saturated carbocycles. The molecule has 1 saturated heterocycles. The highest BCUT2D eigenvalue weighted by molar-refractivity contribution is 5.11. The largest absolute Gasteiger partial charge is 0.309 e. The molecule has 1 atom stereocenters. The quantitative estimate of drug-likeness (QED) is 0.883. The first-order chi connectivity index (χ1) is 8.64. The van der Waals surface area contributed by atoms with Crippen LogP contribution in [0.25, 0.3) is 0 Å². The molecule has 1 N–H and O–H groups in total. The number of rotatable bonds is 3. The number of pyridine rings is 1. The average Bonchev–Trinajstić information content (AvgIpc) is 3.13. The van der Waals surface area contributed by atoms with Gasteiger partial charge < -0.3 is 5.32 Å². The van der Waals surface area contributed by atoms with Crippen LogP contribution in [-0.4, -0.2) is 34.6 Å². The van der Waals surface area contributed by atoms with Crippen LogP contribution in [-0.2, 0) is 6.54 Å². The Kier molecular flexibility index (Phi) is 3.12. The van der Waals surface area contributed by atoms with Gasteiger partial charge in [-0.1, -0.05) is 0 Å². The second kappa shape index (κ2) is 4.63. The highest BCUT2D eigenvalue weighted by atomic mass is 15.3. The topological polar surface area (TPSA) is 28.2 Å². The predicted molar refractivity (Wildman–Crippen MR) is 73.2 cm³/mol. The second-order valence-corrected chi connectivity index (χ2v) is 6.43. The lowest BCUT2D eigenvalue weighted by molar-refractivity contribution is 0.0759. The highest BCUT2D eigenvalue weighted by Crippen LogP contribution is 2.37. The first-order valence-corrected chi connectivity index (χ1v) is 7.02. The number of hydrogen-bond donors (Lipinski definition) is 1. The van der Waals surface area contributed by atoms with Crippen molar-refractivity contribution >= 4 is 0 Å². The van der Waals surface area contributed by atoms with E-state index < -0.39 is 0 Å². The lowest BCUT2D eigenvalue weighted by Gasteiger charge is -2.45. The first kappa shape index (κ1) is 12.1. The maximum absolute atomic E-state index is 4.10. The van der Waals surface area contributed by atoms with Crippen LogP contribution in [0.2, 0.25) is 0 Å². The van der Waals surface area contributed by atoms with Crippen molar-refractivity contribution in [2.24, 2.45) is 5.92 Å². The van der Waals surface area contributed by atoms with E-state index in [-0.39, 0.29) is 5.54 Å². The van der Waals surface area contributed by atoms with Gasteiger partial charge in [0.25, 0.3) is 0 Å². The van der Waals surface area contributed by atoms with Gasteiger partial charge in [0.2, 0.25) is 0 Å². The lowest BCUT2D eigenvalue weighted by atomic mass is 9.96. The third-order valence-electron chi connectivity index (χ3n) is 4.16. The van der Waals surface area contributed by atoms with Gasteiger partial charge in [-0.15, -0.1) is 0 Å². The summed E-state index contributed by atoms with van der Waals surface area (Å²) in [5.74, 6) is 0.926. The van der Waals surface area contributed by atoms with Gasteiger partial charge in [0.1, 0.15) is 0 Å². The third-order valence-corrected chi connectivity index (χ3v) is 4.16. The Hall–Kier alpha value is -0.930. The van der Waals surface area contributed by atoms with Gasteiger partial charge in [-0.2, -0.15) is 0 Å². The third kappa shape index (κ3) is 2.73. The van der Waals surface area contributed by atoms with Crippen LogP contribution in [0.15, 0.2) is 24.5 Å². The summed E-state index contributed by atoms with van der Waals surface area (Å²) in [4.78, 5) is 6.77. The molecule has 0 spiro atoms. The molecule has 2 heterocycles. The fourth-order valence-electron chi connectivity index (χ4n) is 3.03. The monoisotopic (exact) mass is 245 g/mol. The van der Waals surface area contributed by atoms with Gasteiger partial charge in [-0.3, -0.25) is 9.88 Å². The number of nitrogens with zero attached hydrogens (tertiary/aromatic N) is 2. The van der Waals surface area contributed by atoms with Gasteiger partial charge in [0, 0.05) is 43.6 Å². The molecule has 2 fully saturated rings. The van der Waals surface area contributed by atoms with Crippen LogP contribution in [0.1, 0.15) is 32.3 Å². The van der Waals surface area contributed by atoms with Crippen molar-refractivity contribution < 1.29 is 0 Å². The average molecular weight is 245 g/mol. The fraction of sp³-hybridized carbons (Fsp3) is 0.667. The van der Waals surface area contributed by atoms with Gasteiger partial charge in [0.05, 0.1) is 0 Å². The molecule has 0 bridgehead atoms. The molecular formula is C15H23N3. The summed E-state index contributed by atoms with van der Waals surface area (Å²) in [6, 6.07) is 5.00. The smallest absolute Gasteiger partial charge is 0.0271 e. The minimum atomic E-state index is 0.235. The van der Waals surface area contributed by atoms with Crippen LogP contribution < -0.4 is 5.32 Å². The van der Waals surface area contributed by atoms with E-state index in [0.717, 1.165) is 31.6 Å². The SMILES string of the molecule is CC1(C)CN(Cc2ccncc2)C(C2CC2)CN1. The van der Waals surface area contributed by atoms with Crippen molar-refractivity contribution in [3.05, 3.63) is 30.1 Å². The van der Waals surface area contributed by atoms with Crippen molar-refractivity contribution in [3.63, 3.8) is 0 Å². The molecule has 0 amide bonds. The normalized spacial score (nSPS) is 28.2. The Bertz CT molecular complexity index is 397. The Balaban J connectivity index is 1.73. The van der Waals surface area contributed by atoms with Gasteiger partial charge in [0.15, 0.2) is 0 Å². The molecule has 1 aromatic rings. The van der Waals surface area contributed by atoms with Gasteiger partial charge in [-0.25, -0.2) is 0 Å². The van der Waals surface area contributed by atoms with E-state index in [1.54, 1.807) is 0 Å². The molecule has 98 valence electrons. The van der Waals surface area contributed by atoms with Crippen LogP contribution in [0.5, 0.6) is 0 Å². The number of nitrogens with one attached hydrogen (secondary N) is 1. The molecule has 1 unspecified atom stereocenters. The van der Waals surface area contributed by atoms with Gasteiger partial charge >= 0.3 is 0 Å². The summed E-state index contributed by atoms with van der Waals surface area (Å²) in [6.45, 7) is 7.94. The zero-order valence-electron chi connectivity index (χ0n) is 11.4. The molecule has 1 aromatic heterocycles. The maximum Gasteiger partial charge on any atom is 0.0271 e. The van der Waals surface area contributed by atoms with E-state index in [9.17, 15) is 0 Å². The van der Waals surface area contributed by atoms with Crippen molar-refractivity contribution in [2.75, 3.05) is 13.1 Å². The maximum atomic E-state index is 4.10. The Morgan fingerprint density at radius 3 is 2.72 bits per heavy atom. The Labute approximate surface area is 110 Å². The van der Waals surface area contributed by atoms with E-state index in [0.29, 0.717) is 0 Å². The summed E-state index contributed by atoms with van der Waals surface area (Å²) >= 11 is 0. The lowest BCUT2D eigenvalue weighted by Crippen LogP contribution is -2.61. The summed E-state index contributed by atoms with van der Waals surface area (Å²) < 4.78 is 0. The van der Waals surface area contributed by atoms with Crippen LogP contribution in [0.3, 0.4) is 0 Å². The first-order valence-electron chi connectivity index (χ1n) is 7.02. The van der Waals surface area contributed by atoms with Crippen molar-refractivity contribution in [2.45, 2.75) is 44.8 Å². The van der Waals surface area contributed by atoms with Crippen molar-refractivity contribution in [3.8, 4) is 0 Å². The minimum absolute atomic E-state index is 0.235. The van der Waals surface area contributed by atoms with E-state index in [1.165, 1.54) is 18.4 Å². The molecule has 3 nitrogen and oxygen atoms in total.